The van der Waals surface area contributed by atoms with E-state index in [0.29, 0.717) is 5.92 Å². The Bertz CT molecular complexity index is 477. The fraction of sp³-hybridized carbons (Fsp3) is 0.429. The van der Waals surface area contributed by atoms with Crippen LogP contribution in [0.4, 0.5) is 0 Å². The van der Waals surface area contributed by atoms with Crippen LogP contribution >= 0.6 is 0 Å². The van der Waals surface area contributed by atoms with Gasteiger partial charge in [-0.1, -0.05) is 20.8 Å². The number of hydrogen-bond donors (Lipinski definition) is 0. The fourth-order valence-electron chi connectivity index (χ4n) is 2.43. The molecule has 15 heavy (non-hydrogen) atoms. The summed E-state index contributed by atoms with van der Waals surface area (Å²) >= 11 is 0. The zero-order valence-electron chi connectivity index (χ0n) is 10.0. The standard InChI is InChI=1S/C14H19N/c1-5-12-9-11(4)15-8-6-7-13(15)14(12)10(2)3/h6-10H,5H2,1-4H3. The lowest BCUT2D eigenvalue weighted by molar-refractivity contribution is 0.839. The molecule has 2 aromatic heterocycles. The second kappa shape index (κ2) is 3.73. The Labute approximate surface area is 91.7 Å². The highest BCUT2D eigenvalue weighted by molar-refractivity contribution is 5.61. The van der Waals surface area contributed by atoms with Crippen LogP contribution in [0, 0.1) is 6.92 Å². The molecule has 1 heteroatoms. The molecule has 0 aliphatic carbocycles. The minimum absolute atomic E-state index is 0.595. The van der Waals surface area contributed by atoms with E-state index in [-0.39, 0.29) is 0 Å². The molecule has 2 heterocycles. The molecular formula is C14H19N. The predicted octanol–water partition coefficient (Wildman–Crippen LogP) is 3.93. The van der Waals surface area contributed by atoms with E-state index in [1.165, 1.54) is 22.3 Å². The molecular weight excluding hydrogens is 182 g/mol. The highest BCUT2D eigenvalue weighted by Gasteiger charge is 2.11. The van der Waals surface area contributed by atoms with E-state index >= 15 is 0 Å². The largest absolute Gasteiger partial charge is 0.321 e. The van der Waals surface area contributed by atoms with Gasteiger partial charge in [0.25, 0.3) is 0 Å². The normalized spacial score (nSPS) is 11.5. The van der Waals surface area contributed by atoms with Gasteiger partial charge in [0, 0.05) is 17.4 Å². The molecule has 0 N–H and O–H groups in total. The van der Waals surface area contributed by atoms with Crippen LogP contribution in [0.25, 0.3) is 5.52 Å². The minimum Gasteiger partial charge on any atom is -0.321 e. The van der Waals surface area contributed by atoms with Crippen molar-refractivity contribution < 1.29 is 0 Å². The lowest BCUT2D eigenvalue weighted by atomic mass is 9.95. The van der Waals surface area contributed by atoms with E-state index < -0.39 is 0 Å². The lowest BCUT2D eigenvalue weighted by Crippen LogP contribution is -2.02. The van der Waals surface area contributed by atoms with Crippen LogP contribution < -0.4 is 0 Å². The molecule has 0 bridgehead atoms. The van der Waals surface area contributed by atoms with Crippen LogP contribution in [-0.2, 0) is 6.42 Å². The summed E-state index contributed by atoms with van der Waals surface area (Å²) in [5, 5.41) is 0. The van der Waals surface area contributed by atoms with Gasteiger partial charge in [0.1, 0.15) is 0 Å². The van der Waals surface area contributed by atoms with Crippen molar-refractivity contribution in [2.75, 3.05) is 0 Å². The van der Waals surface area contributed by atoms with Gasteiger partial charge in [0.15, 0.2) is 0 Å². The number of pyridine rings is 1. The molecule has 2 rings (SSSR count). The van der Waals surface area contributed by atoms with Crippen LogP contribution in [0.2, 0.25) is 0 Å². The second-order valence-corrected chi connectivity index (χ2v) is 4.50. The zero-order chi connectivity index (χ0) is 11.0. The number of nitrogens with zero attached hydrogens (tertiary/aromatic N) is 1. The van der Waals surface area contributed by atoms with Gasteiger partial charge in [-0.25, -0.2) is 0 Å². The van der Waals surface area contributed by atoms with Crippen molar-refractivity contribution in [1.82, 2.24) is 4.40 Å². The number of aromatic nitrogens is 1. The zero-order valence-corrected chi connectivity index (χ0v) is 10.0. The Hall–Kier alpha value is -1.24. The summed E-state index contributed by atoms with van der Waals surface area (Å²) < 4.78 is 2.29. The van der Waals surface area contributed by atoms with Crippen molar-refractivity contribution in [3.05, 3.63) is 41.2 Å². The first-order valence-electron chi connectivity index (χ1n) is 5.74. The number of rotatable bonds is 2. The van der Waals surface area contributed by atoms with Gasteiger partial charge >= 0.3 is 0 Å². The molecule has 0 fully saturated rings. The Kier molecular flexibility index (Phi) is 2.56. The van der Waals surface area contributed by atoms with E-state index in [2.05, 4.69) is 56.5 Å². The third kappa shape index (κ3) is 1.56. The maximum atomic E-state index is 2.32. The van der Waals surface area contributed by atoms with Crippen molar-refractivity contribution in [3.63, 3.8) is 0 Å². The molecule has 0 radical (unpaired) electrons. The highest BCUT2D eigenvalue weighted by Crippen LogP contribution is 2.27. The summed E-state index contributed by atoms with van der Waals surface area (Å²) in [6, 6.07) is 6.68. The number of hydrogen-bond acceptors (Lipinski definition) is 0. The first-order valence-corrected chi connectivity index (χ1v) is 5.74. The molecule has 0 saturated heterocycles. The predicted molar refractivity (Wildman–Crippen MR) is 65.6 cm³/mol. The highest BCUT2D eigenvalue weighted by atomic mass is 14.9. The molecule has 0 aliphatic heterocycles. The molecule has 0 aromatic carbocycles. The SMILES string of the molecule is CCc1cc(C)n2cccc2c1C(C)C. The summed E-state index contributed by atoms with van der Waals surface area (Å²) in [4.78, 5) is 0. The minimum atomic E-state index is 0.595. The maximum Gasteiger partial charge on any atom is 0.0490 e. The Morgan fingerprint density at radius 1 is 1.33 bits per heavy atom. The van der Waals surface area contributed by atoms with Crippen molar-refractivity contribution in [3.8, 4) is 0 Å². The number of fused-ring (bicyclic) bond motifs is 1. The first kappa shape index (κ1) is 10.3. The van der Waals surface area contributed by atoms with Gasteiger partial charge in [-0.15, -0.1) is 0 Å². The van der Waals surface area contributed by atoms with E-state index in [9.17, 15) is 0 Å². The van der Waals surface area contributed by atoms with Gasteiger partial charge in [-0.05, 0) is 48.6 Å². The van der Waals surface area contributed by atoms with Crippen molar-refractivity contribution in [2.45, 2.75) is 40.0 Å². The summed E-state index contributed by atoms with van der Waals surface area (Å²) in [5.41, 5.74) is 5.71. The van der Waals surface area contributed by atoms with Gasteiger partial charge in [-0.3, -0.25) is 0 Å². The Balaban J connectivity index is 2.83. The van der Waals surface area contributed by atoms with Crippen molar-refractivity contribution >= 4 is 5.52 Å². The van der Waals surface area contributed by atoms with Gasteiger partial charge in [-0.2, -0.15) is 0 Å². The van der Waals surface area contributed by atoms with E-state index in [1.807, 2.05) is 0 Å². The van der Waals surface area contributed by atoms with E-state index in [1.54, 1.807) is 0 Å². The summed E-state index contributed by atoms with van der Waals surface area (Å²) in [6.07, 6.45) is 3.27. The molecule has 0 amide bonds. The molecule has 80 valence electrons. The van der Waals surface area contributed by atoms with E-state index in [4.69, 9.17) is 0 Å². The van der Waals surface area contributed by atoms with Crippen LogP contribution in [-0.4, -0.2) is 4.40 Å². The summed E-state index contributed by atoms with van der Waals surface area (Å²) in [6.45, 7) is 8.96. The monoisotopic (exact) mass is 201 g/mol. The third-order valence-corrected chi connectivity index (χ3v) is 3.09. The molecule has 2 aromatic rings. The average Bonchev–Trinajstić information content (AvgIpc) is 2.65. The molecule has 0 unspecified atom stereocenters. The van der Waals surface area contributed by atoms with Crippen LogP contribution in [0.1, 0.15) is 43.5 Å². The summed E-state index contributed by atoms with van der Waals surface area (Å²) in [7, 11) is 0. The fourth-order valence-corrected chi connectivity index (χ4v) is 2.43. The molecule has 1 nitrogen and oxygen atoms in total. The van der Waals surface area contributed by atoms with Crippen LogP contribution in [0.3, 0.4) is 0 Å². The maximum absolute atomic E-state index is 2.32. The number of aryl methyl sites for hydroxylation is 2. The first-order chi connectivity index (χ1) is 7.15. The average molecular weight is 201 g/mol. The molecule has 0 atom stereocenters. The quantitative estimate of drug-likeness (QED) is 0.693. The molecule has 0 saturated carbocycles. The van der Waals surface area contributed by atoms with Crippen LogP contribution in [0.5, 0.6) is 0 Å². The molecule has 0 spiro atoms. The van der Waals surface area contributed by atoms with Gasteiger partial charge in [0.05, 0.1) is 0 Å². The Morgan fingerprint density at radius 2 is 2.07 bits per heavy atom. The third-order valence-electron chi connectivity index (χ3n) is 3.09. The van der Waals surface area contributed by atoms with Gasteiger partial charge in [0.2, 0.25) is 0 Å². The smallest absolute Gasteiger partial charge is 0.0490 e. The van der Waals surface area contributed by atoms with Crippen LogP contribution in [0.15, 0.2) is 24.4 Å². The van der Waals surface area contributed by atoms with Gasteiger partial charge < -0.3 is 4.40 Å². The Morgan fingerprint density at radius 3 is 2.67 bits per heavy atom. The topological polar surface area (TPSA) is 4.41 Å². The molecule has 0 aliphatic rings. The van der Waals surface area contributed by atoms with Crippen molar-refractivity contribution in [2.24, 2.45) is 0 Å². The summed E-state index contributed by atoms with van der Waals surface area (Å²) in [5.74, 6) is 0.595. The second-order valence-electron chi connectivity index (χ2n) is 4.50. The van der Waals surface area contributed by atoms with Crippen molar-refractivity contribution in [1.29, 1.82) is 0 Å². The lowest BCUT2D eigenvalue weighted by Gasteiger charge is -2.16. The van der Waals surface area contributed by atoms with E-state index in [0.717, 1.165) is 6.42 Å².